The fraction of sp³-hybridized carbons (Fsp3) is 0.182. The minimum absolute atomic E-state index is 1.16. The molecule has 1 aliphatic carbocycles. The summed E-state index contributed by atoms with van der Waals surface area (Å²) < 4.78 is 0. The zero-order chi connectivity index (χ0) is 8.67. The number of nitrogens with zero attached hydrogens (tertiary/aromatic N) is 1. The Hall–Kier alpha value is -1.15. The summed E-state index contributed by atoms with van der Waals surface area (Å²) in [6.07, 6.45) is 2.34. The van der Waals surface area contributed by atoms with Crippen molar-refractivity contribution in [2.45, 2.75) is 12.8 Å². The van der Waals surface area contributed by atoms with E-state index in [2.05, 4.69) is 29.2 Å². The van der Waals surface area contributed by atoms with Gasteiger partial charge in [0.05, 0.1) is 11.2 Å². The van der Waals surface area contributed by atoms with Gasteiger partial charge in [-0.25, -0.2) is 4.98 Å². The van der Waals surface area contributed by atoms with Gasteiger partial charge in [0.15, 0.2) is 0 Å². The summed E-state index contributed by atoms with van der Waals surface area (Å²) in [5.41, 5.74) is 5.95. The third kappa shape index (κ3) is 1.02. The number of aromatic nitrogens is 1. The fourth-order valence-electron chi connectivity index (χ4n) is 1.89. The van der Waals surface area contributed by atoms with Crippen molar-refractivity contribution in [3.63, 3.8) is 0 Å². The van der Waals surface area contributed by atoms with E-state index in [9.17, 15) is 0 Å². The van der Waals surface area contributed by atoms with Crippen molar-refractivity contribution in [3.05, 3.63) is 40.2 Å². The van der Waals surface area contributed by atoms with Gasteiger partial charge in [-0.1, -0.05) is 24.3 Å². The van der Waals surface area contributed by atoms with Gasteiger partial charge in [0.2, 0.25) is 0 Å². The number of aryl methyl sites for hydroxylation is 2. The predicted molar refractivity (Wildman–Crippen MR) is 55.0 cm³/mol. The van der Waals surface area contributed by atoms with Crippen LogP contribution in [0.3, 0.4) is 0 Å². The van der Waals surface area contributed by atoms with Crippen LogP contribution in [0.15, 0.2) is 29.8 Å². The zero-order valence-corrected chi connectivity index (χ0v) is 7.97. The van der Waals surface area contributed by atoms with E-state index in [-0.39, 0.29) is 0 Å². The molecule has 0 amide bonds. The van der Waals surface area contributed by atoms with Crippen molar-refractivity contribution in [2.75, 3.05) is 0 Å². The van der Waals surface area contributed by atoms with Crippen LogP contribution >= 0.6 is 11.3 Å². The van der Waals surface area contributed by atoms with E-state index in [1.807, 2.05) is 5.51 Å². The Morgan fingerprint density at radius 1 is 1.15 bits per heavy atom. The maximum absolute atomic E-state index is 4.42. The van der Waals surface area contributed by atoms with Crippen molar-refractivity contribution < 1.29 is 0 Å². The molecule has 0 unspecified atom stereocenters. The number of thiazole rings is 1. The van der Waals surface area contributed by atoms with Crippen LogP contribution in [0, 0.1) is 0 Å². The van der Waals surface area contributed by atoms with Gasteiger partial charge >= 0.3 is 0 Å². The monoisotopic (exact) mass is 187 g/mol. The van der Waals surface area contributed by atoms with Crippen LogP contribution in [-0.2, 0) is 12.8 Å². The molecule has 0 spiro atoms. The van der Waals surface area contributed by atoms with Gasteiger partial charge in [0, 0.05) is 10.4 Å². The lowest BCUT2D eigenvalue weighted by Gasteiger charge is -2.13. The van der Waals surface area contributed by atoms with Crippen LogP contribution in [0.5, 0.6) is 0 Å². The molecule has 0 aliphatic heterocycles. The topological polar surface area (TPSA) is 12.9 Å². The summed E-state index contributed by atoms with van der Waals surface area (Å²) in [5.74, 6) is 0. The van der Waals surface area contributed by atoms with Gasteiger partial charge in [0.1, 0.15) is 0 Å². The van der Waals surface area contributed by atoms with Gasteiger partial charge in [-0.15, -0.1) is 11.3 Å². The molecule has 0 N–H and O–H groups in total. The first-order valence-corrected chi connectivity index (χ1v) is 5.34. The maximum atomic E-state index is 4.42. The number of rotatable bonds is 0. The molecular formula is C11H9NS. The lowest BCUT2D eigenvalue weighted by Crippen LogP contribution is -2.00. The first-order chi connectivity index (χ1) is 6.45. The number of fused-ring (bicyclic) bond motifs is 3. The van der Waals surface area contributed by atoms with Crippen LogP contribution in [0.2, 0.25) is 0 Å². The Kier molecular flexibility index (Phi) is 1.49. The molecule has 13 heavy (non-hydrogen) atoms. The third-order valence-corrected chi connectivity index (χ3v) is 3.43. The number of benzene rings is 1. The summed E-state index contributed by atoms with van der Waals surface area (Å²) in [7, 11) is 0. The Morgan fingerprint density at radius 2 is 2.08 bits per heavy atom. The molecule has 2 aromatic rings. The molecule has 1 aliphatic rings. The van der Waals surface area contributed by atoms with Gasteiger partial charge in [-0.2, -0.15) is 0 Å². The van der Waals surface area contributed by atoms with Crippen LogP contribution in [0.4, 0.5) is 0 Å². The highest BCUT2D eigenvalue weighted by Crippen LogP contribution is 2.33. The molecule has 0 fully saturated rings. The van der Waals surface area contributed by atoms with Crippen molar-refractivity contribution >= 4 is 11.3 Å². The zero-order valence-electron chi connectivity index (χ0n) is 7.16. The van der Waals surface area contributed by atoms with Crippen LogP contribution in [-0.4, -0.2) is 4.98 Å². The van der Waals surface area contributed by atoms with Crippen LogP contribution in [0.25, 0.3) is 11.3 Å². The average molecular weight is 187 g/mol. The normalized spacial score (nSPS) is 13.5. The Morgan fingerprint density at radius 3 is 3.08 bits per heavy atom. The van der Waals surface area contributed by atoms with Gasteiger partial charge < -0.3 is 0 Å². The lowest BCUT2D eigenvalue weighted by atomic mass is 9.94. The molecule has 1 heterocycles. The Balaban J connectivity index is 2.30. The summed E-state index contributed by atoms with van der Waals surface area (Å²) in [4.78, 5) is 5.86. The Bertz CT molecular complexity index is 445. The van der Waals surface area contributed by atoms with E-state index in [0.29, 0.717) is 0 Å². The largest absolute Gasteiger partial charge is 0.244 e. The first-order valence-electron chi connectivity index (χ1n) is 4.46. The minimum atomic E-state index is 1.16. The smallest absolute Gasteiger partial charge is 0.0846 e. The molecule has 0 atom stereocenters. The molecular weight excluding hydrogens is 178 g/mol. The molecule has 0 saturated carbocycles. The standard InChI is InChI=1S/C11H9NS/c1-2-4-9-8(3-1)5-6-10-11(9)12-7-13-10/h1-4,7H,5-6H2. The van der Waals surface area contributed by atoms with Crippen molar-refractivity contribution in [2.24, 2.45) is 0 Å². The summed E-state index contributed by atoms with van der Waals surface area (Å²) in [5, 5.41) is 0. The summed E-state index contributed by atoms with van der Waals surface area (Å²) >= 11 is 1.78. The van der Waals surface area contributed by atoms with E-state index in [1.165, 1.54) is 28.1 Å². The van der Waals surface area contributed by atoms with Crippen molar-refractivity contribution in [1.29, 1.82) is 0 Å². The Labute approximate surface area is 81.1 Å². The number of hydrogen-bond acceptors (Lipinski definition) is 2. The van der Waals surface area contributed by atoms with Crippen LogP contribution < -0.4 is 0 Å². The first kappa shape index (κ1) is 7.27. The second kappa shape index (κ2) is 2.67. The summed E-state index contributed by atoms with van der Waals surface area (Å²) in [6, 6.07) is 8.58. The molecule has 0 bridgehead atoms. The van der Waals surface area contributed by atoms with E-state index in [4.69, 9.17) is 0 Å². The lowest BCUT2D eigenvalue weighted by molar-refractivity contribution is 0.955. The molecule has 1 aromatic heterocycles. The number of hydrogen-bond donors (Lipinski definition) is 0. The van der Waals surface area contributed by atoms with Crippen molar-refractivity contribution in [1.82, 2.24) is 4.98 Å². The minimum Gasteiger partial charge on any atom is -0.244 e. The van der Waals surface area contributed by atoms with E-state index >= 15 is 0 Å². The van der Waals surface area contributed by atoms with Crippen molar-refractivity contribution in [3.8, 4) is 11.3 Å². The third-order valence-electron chi connectivity index (χ3n) is 2.53. The van der Waals surface area contributed by atoms with E-state index < -0.39 is 0 Å². The molecule has 0 saturated heterocycles. The SMILES string of the molecule is c1ccc2c(c1)CCc1scnc1-2. The molecule has 64 valence electrons. The molecule has 3 rings (SSSR count). The van der Waals surface area contributed by atoms with E-state index in [1.54, 1.807) is 11.3 Å². The summed E-state index contributed by atoms with van der Waals surface area (Å²) in [6.45, 7) is 0. The van der Waals surface area contributed by atoms with Gasteiger partial charge in [-0.05, 0) is 18.4 Å². The molecule has 2 heteroatoms. The maximum Gasteiger partial charge on any atom is 0.0846 e. The predicted octanol–water partition coefficient (Wildman–Crippen LogP) is 2.91. The highest BCUT2D eigenvalue weighted by atomic mass is 32.1. The highest BCUT2D eigenvalue weighted by Gasteiger charge is 2.17. The molecule has 0 radical (unpaired) electrons. The van der Waals surface area contributed by atoms with E-state index in [0.717, 1.165) is 6.42 Å². The quantitative estimate of drug-likeness (QED) is 0.618. The van der Waals surface area contributed by atoms with Gasteiger partial charge in [0.25, 0.3) is 0 Å². The fourth-order valence-corrected chi connectivity index (χ4v) is 2.66. The average Bonchev–Trinajstić information content (AvgIpc) is 2.65. The second-order valence-electron chi connectivity index (χ2n) is 3.28. The van der Waals surface area contributed by atoms with Gasteiger partial charge in [-0.3, -0.25) is 0 Å². The molecule has 1 aromatic carbocycles. The highest BCUT2D eigenvalue weighted by molar-refractivity contribution is 7.10. The second-order valence-corrected chi connectivity index (χ2v) is 4.22. The molecule has 1 nitrogen and oxygen atoms in total. The van der Waals surface area contributed by atoms with Crippen LogP contribution in [0.1, 0.15) is 10.4 Å².